The minimum Gasteiger partial charge on any atom is -0.374 e. The summed E-state index contributed by atoms with van der Waals surface area (Å²) in [5.74, 6) is 5.54. The molecule has 3 N–H and O–H groups in total. The van der Waals surface area contributed by atoms with E-state index in [1.807, 2.05) is 19.1 Å². The molecule has 4 heteroatoms. The lowest BCUT2D eigenvalue weighted by Gasteiger charge is -2.37. The zero-order chi connectivity index (χ0) is 13.7. The molecule has 1 aromatic carbocycles. The molecule has 1 saturated carbocycles. The van der Waals surface area contributed by atoms with E-state index in [0.29, 0.717) is 18.6 Å². The van der Waals surface area contributed by atoms with Crippen LogP contribution < -0.4 is 11.3 Å². The van der Waals surface area contributed by atoms with Crippen LogP contribution in [0.3, 0.4) is 0 Å². The van der Waals surface area contributed by atoms with Gasteiger partial charge in [0.05, 0.1) is 11.6 Å². The van der Waals surface area contributed by atoms with Crippen LogP contribution in [0.1, 0.15) is 38.2 Å². The Morgan fingerprint density at radius 3 is 2.63 bits per heavy atom. The molecule has 2 rings (SSSR count). The summed E-state index contributed by atoms with van der Waals surface area (Å²) in [6.07, 6.45) is 4.84. The molecule has 1 aliphatic carbocycles. The molecule has 1 unspecified atom stereocenters. The second-order valence-electron chi connectivity index (χ2n) is 5.22. The van der Waals surface area contributed by atoms with Gasteiger partial charge < -0.3 is 4.74 Å². The van der Waals surface area contributed by atoms with Crippen molar-refractivity contribution in [1.82, 2.24) is 5.43 Å². The standard InChI is InChI=1S/C15H23FN2O/c1-2-19-15(9-5-6-10-15)14(18-17)11-12-7-3-4-8-13(12)16/h3-4,7-8,14,18H,2,5-6,9-11,17H2,1H3. The first-order valence-corrected chi connectivity index (χ1v) is 7.05. The van der Waals surface area contributed by atoms with Crippen LogP contribution in [-0.2, 0) is 11.2 Å². The maximum absolute atomic E-state index is 13.8. The molecule has 0 amide bonds. The predicted molar refractivity (Wildman–Crippen MR) is 74.0 cm³/mol. The van der Waals surface area contributed by atoms with E-state index in [2.05, 4.69) is 5.43 Å². The number of halogens is 1. The van der Waals surface area contributed by atoms with E-state index in [0.717, 1.165) is 25.7 Å². The van der Waals surface area contributed by atoms with Crippen LogP contribution in [0, 0.1) is 5.82 Å². The fourth-order valence-electron chi connectivity index (χ4n) is 3.13. The second kappa shape index (κ2) is 6.46. The van der Waals surface area contributed by atoms with E-state index in [4.69, 9.17) is 10.6 Å². The first kappa shape index (κ1) is 14.4. The molecule has 1 aromatic rings. The van der Waals surface area contributed by atoms with Crippen LogP contribution in [0.4, 0.5) is 4.39 Å². The van der Waals surface area contributed by atoms with Crippen molar-refractivity contribution in [2.24, 2.45) is 5.84 Å². The lowest BCUT2D eigenvalue weighted by molar-refractivity contribution is -0.0614. The van der Waals surface area contributed by atoms with Gasteiger partial charge in [-0.1, -0.05) is 31.0 Å². The van der Waals surface area contributed by atoms with Crippen molar-refractivity contribution in [3.63, 3.8) is 0 Å². The average Bonchev–Trinajstić information content (AvgIpc) is 2.88. The number of hydrogen-bond donors (Lipinski definition) is 2. The van der Waals surface area contributed by atoms with E-state index >= 15 is 0 Å². The zero-order valence-corrected chi connectivity index (χ0v) is 11.5. The number of rotatable bonds is 6. The summed E-state index contributed by atoms with van der Waals surface area (Å²) >= 11 is 0. The van der Waals surface area contributed by atoms with Crippen LogP contribution >= 0.6 is 0 Å². The second-order valence-corrected chi connectivity index (χ2v) is 5.22. The Labute approximate surface area is 114 Å². The maximum atomic E-state index is 13.8. The van der Waals surface area contributed by atoms with Gasteiger partial charge in [-0.05, 0) is 37.8 Å². The Kier molecular flexibility index (Phi) is 4.91. The van der Waals surface area contributed by atoms with Gasteiger partial charge in [0.2, 0.25) is 0 Å². The molecule has 0 aliphatic heterocycles. The molecule has 0 saturated heterocycles. The Morgan fingerprint density at radius 1 is 1.37 bits per heavy atom. The zero-order valence-electron chi connectivity index (χ0n) is 11.5. The van der Waals surface area contributed by atoms with Gasteiger partial charge >= 0.3 is 0 Å². The Hall–Kier alpha value is -0.970. The van der Waals surface area contributed by atoms with Gasteiger partial charge in [-0.25, -0.2) is 4.39 Å². The molecule has 0 radical (unpaired) electrons. The predicted octanol–water partition coefficient (Wildman–Crippen LogP) is 2.55. The Bertz CT molecular complexity index is 405. The molecule has 0 spiro atoms. The average molecular weight is 266 g/mol. The number of benzene rings is 1. The first-order chi connectivity index (χ1) is 9.22. The van der Waals surface area contributed by atoms with Gasteiger partial charge in [-0.2, -0.15) is 0 Å². The number of hydrogen-bond acceptors (Lipinski definition) is 3. The van der Waals surface area contributed by atoms with Crippen LogP contribution in [0.5, 0.6) is 0 Å². The van der Waals surface area contributed by atoms with Gasteiger partial charge in [0.25, 0.3) is 0 Å². The van der Waals surface area contributed by atoms with E-state index in [9.17, 15) is 4.39 Å². The molecule has 1 fully saturated rings. The third-order valence-electron chi connectivity index (χ3n) is 4.10. The van der Waals surface area contributed by atoms with E-state index in [1.54, 1.807) is 6.07 Å². The Morgan fingerprint density at radius 2 is 2.05 bits per heavy atom. The minimum atomic E-state index is -0.244. The fourth-order valence-corrected chi connectivity index (χ4v) is 3.13. The highest BCUT2D eigenvalue weighted by molar-refractivity contribution is 5.19. The fraction of sp³-hybridized carbons (Fsp3) is 0.600. The molecular weight excluding hydrogens is 243 g/mol. The van der Waals surface area contributed by atoms with Crippen LogP contribution in [-0.4, -0.2) is 18.2 Å². The molecular formula is C15H23FN2O. The topological polar surface area (TPSA) is 47.3 Å². The lowest BCUT2D eigenvalue weighted by Crippen LogP contribution is -2.54. The quantitative estimate of drug-likeness (QED) is 0.614. The molecule has 0 aromatic heterocycles. The highest BCUT2D eigenvalue weighted by Gasteiger charge is 2.41. The van der Waals surface area contributed by atoms with Crippen molar-refractivity contribution in [2.45, 2.75) is 50.7 Å². The van der Waals surface area contributed by atoms with Crippen molar-refractivity contribution in [3.05, 3.63) is 35.6 Å². The van der Waals surface area contributed by atoms with Gasteiger partial charge in [-0.3, -0.25) is 11.3 Å². The highest BCUT2D eigenvalue weighted by atomic mass is 19.1. The summed E-state index contributed by atoms with van der Waals surface area (Å²) in [5.41, 5.74) is 3.30. The number of nitrogens with one attached hydrogen (secondary N) is 1. The van der Waals surface area contributed by atoms with E-state index in [-0.39, 0.29) is 17.5 Å². The van der Waals surface area contributed by atoms with Gasteiger partial charge in [-0.15, -0.1) is 0 Å². The molecule has 19 heavy (non-hydrogen) atoms. The minimum absolute atomic E-state index is 0.0492. The van der Waals surface area contributed by atoms with Crippen molar-refractivity contribution in [2.75, 3.05) is 6.61 Å². The summed E-state index contributed by atoms with van der Waals surface area (Å²) in [4.78, 5) is 0. The van der Waals surface area contributed by atoms with Crippen molar-refractivity contribution in [1.29, 1.82) is 0 Å². The smallest absolute Gasteiger partial charge is 0.126 e. The van der Waals surface area contributed by atoms with Crippen molar-refractivity contribution < 1.29 is 9.13 Å². The summed E-state index contributed by atoms with van der Waals surface area (Å²) in [7, 11) is 0. The maximum Gasteiger partial charge on any atom is 0.126 e. The number of hydrazine groups is 1. The lowest BCUT2D eigenvalue weighted by atomic mass is 9.87. The van der Waals surface area contributed by atoms with Gasteiger partial charge in [0, 0.05) is 6.61 Å². The largest absolute Gasteiger partial charge is 0.374 e. The van der Waals surface area contributed by atoms with Crippen molar-refractivity contribution in [3.8, 4) is 0 Å². The van der Waals surface area contributed by atoms with Crippen LogP contribution in [0.2, 0.25) is 0 Å². The number of nitrogens with two attached hydrogens (primary N) is 1. The Balaban J connectivity index is 2.17. The summed E-state index contributed by atoms with van der Waals surface area (Å²) < 4.78 is 19.8. The summed E-state index contributed by atoms with van der Waals surface area (Å²) in [6, 6.07) is 6.82. The van der Waals surface area contributed by atoms with Gasteiger partial charge in [0.1, 0.15) is 5.82 Å². The summed E-state index contributed by atoms with van der Waals surface area (Å²) in [5, 5.41) is 0. The third-order valence-corrected chi connectivity index (χ3v) is 4.10. The molecule has 3 nitrogen and oxygen atoms in total. The number of ether oxygens (including phenoxy) is 1. The highest BCUT2D eigenvalue weighted by Crippen LogP contribution is 2.37. The third kappa shape index (κ3) is 3.14. The monoisotopic (exact) mass is 266 g/mol. The normalized spacial score (nSPS) is 19.5. The molecule has 1 atom stereocenters. The van der Waals surface area contributed by atoms with Crippen LogP contribution in [0.25, 0.3) is 0 Å². The SMILES string of the molecule is CCOC1(C(Cc2ccccc2F)NN)CCCC1. The molecule has 106 valence electrons. The van der Waals surface area contributed by atoms with Crippen LogP contribution in [0.15, 0.2) is 24.3 Å². The first-order valence-electron chi connectivity index (χ1n) is 7.05. The van der Waals surface area contributed by atoms with E-state index in [1.165, 1.54) is 6.07 Å². The summed E-state index contributed by atoms with van der Waals surface area (Å²) in [6.45, 7) is 2.66. The van der Waals surface area contributed by atoms with Gasteiger partial charge in [0.15, 0.2) is 0 Å². The van der Waals surface area contributed by atoms with E-state index < -0.39 is 0 Å². The molecule has 0 heterocycles. The molecule has 0 bridgehead atoms. The van der Waals surface area contributed by atoms with Crippen molar-refractivity contribution >= 4 is 0 Å². The molecule has 1 aliphatic rings.